The molecule has 0 amide bonds. The van der Waals surface area contributed by atoms with Crippen LogP contribution in [-0.2, 0) is 10.0 Å². The van der Waals surface area contributed by atoms with Crippen molar-refractivity contribution in [2.24, 2.45) is 0 Å². The Balaban J connectivity index is 3.02. The third kappa shape index (κ3) is 1.94. The highest BCUT2D eigenvalue weighted by molar-refractivity contribution is 7.92. The number of pyridine rings is 1. The minimum absolute atomic E-state index is 0.514. The Kier molecular flexibility index (Phi) is 2.32. The SMILES string of the molecule is CN(c1c[c]cnc1)S(C)(=O)=O. The van der Waals surface area contributed by atoms with E-state index < -0.39 is 10.0 Å². The van der Waals surface area contributed by atoms with E-state index in [1.165, 1.54) is 19.4 Å². The molecule has 1 radical (unpaired) electrons. The first-order valence-electron chi connectivity index (χ1n) is 3.27. The van der Waals surface area contributed by atoms with Gasteiger partial charge in [0.15, 0.2) is 0 Å². The van der Waals surface area contributed by atoms with E-state index in [0.717, 1.165) is 10.6 Å². The van der Waals surface area contributed by atoms with Gasteiger partial charge in [-0.05, 0) is 6.07 Å². The van der Waals surface area contributed by atoms with E-state index in [0.29, 0.717) is 5.69 Å². The largest absolute Gasteiger partial charge is 0.272 e. The number of sulfonamides is 1. The van der Waals surface area contributed by atoms with E-state index in [-0.39, 0.29) is 0 Å². The highest BCUT2D eigenvalue weighted by atomic mass is 32.2. The molecule has 0 fully saturated rings. The maximum Gasteiger partial charge on any atom is 0.232 e. The highest BCUT2D eigenvalue weighted by Gasteiger charge is 2.10. The van der Waals surface area contributed by atoms with E-state index in [2.05, 4.69) is 11.1 Å². The third-order valence-corrected chi connectivity index (χ3v) is 2.65. The van der Waals surface area contributed by atoms with Crippen molar-refractivity contribution >= 4 is 15.7 Å². The molecule has 1 rings (SSSR count). The molecule has 1 aromatic heterocycles. The summed E-state index contributed by atoms with van der Waals surface area (Å²) < 4.78 is 23.2. The normalized spacial score (nSPS) is 11.2. The van der Waals surface area contributed by atoms with Crippen LogP contribution in [0.15, 0.2) is 18.5 Å². The lowest BCUT2D eigenvalue weighted by Crippen LogP contribution is -2.24. The van der Waals surface area contributed by atoms with Crippen molar-refractivity contribution < 1.29 is 8.42 Å². The number of hydrogen-bond donors (Lipinski definition) is 0. The van der Waals surface area contributed by atoms with Crippen LogP contribution < -0.4 is 4.31 Å². The monoisotopic (exact) mass is 185 g/mol. The molecule has 0 bridgehead atoms. The van der Waals surface area contributed by atoms with Crippen LogP contribution in [0.25, 0.3) is 0 Å². The molecular weight excluding hydrogens is 176 g/mol. The van der Waals surface area contributed by atoms with E-state index in [1.54, 1.807) is 6.07 Å². The number of nitrogens with zero attached hydrogens (tertiary/aromatic N) is 2. The second-order valence-corrected chi connectivity index (χ2v) is 4.39. The molecule has 0 aliphatic heterocycles. The Morgan fingerprint density at radius 2 is 2.25 bits per heavy atom. The van der Waals surface area contributed by atoms with Crippen molar-refractivity contribution in [1.82, 2.24) is 4.98 Å². The zero-order valence-corrected chi connectivity index (χ0v) is 7.67. The van der Waals surface area contributed by atoms with Crippen molar-refractivity contribution in [1.29, 1.82) is 0 Å². The molecule has 0 saturated heterocycles. The van der Waals surface area contributed by atoms with E-state index in [4.69, 9.17) is 0 Å². The minimum Gasteiger partial charge on any atom is -0.272 e. The third-order valence-electron chi connectivity index (χ3n) is 1.45. The summed E-state index contributed by atoms with van der Waals surface area (Å²) in [7, 11) is -1.71. The number of anilines is 1. The summed E-state index contributed by atoms with van der Waals surface area (Å²) >= 11 is 0. The predicted molar refractivity (Wildman–Crippen MR) is 46.3 cm³/mol. The van der Waals surface area contributed by atoms with Crippen LogP contribution in [0, 0.1) is 6.07 Å². The molecule has 0 N–H and O–H groups in total. The minimum atomic E-state index is -3.18. The Morgan fingerprint density at radius 3 is 2.67 bits per heavy atom. The van der Waals surface area contributed by atoms with Gasteiger partial charge in [-0.2, -0.15) is 0 Å². The molecule has 0 atom stereocenters. The van der Waals surface area contributed by atoms with Crippen LogP contribution in [0.1, 0.15) is 0 Å². The van der Waals surface area contributed by atoms with Crippen LogP contribution in [0.5, 0.6) is 0 Å². The van der Waals surface area contributed by atoms with Crippen LogP contribution in [0.2, 0.25) is 0 Å². The number of aromatic nitrogens is 1. The van der Waals surface area contributed by atoms with Crippen molar-refractivity contribution in [3.63, 3.8) is 0 Å². The maximum atomic E-state index is 11.0. The van der Waals surface area contributed by atoms with Crippen molar-refractivity contribution in [3.05, 3.63) is 24.5 Å². The second kappa shape index (κ2) is 3.10. The summed E-state index contributed by atoms with van der Waals surface area (Å²) in [6.07, 6.45) is 4.08. The fourth-order valence-corrected chi connectivity index (χ4v) is 1.16. The van der Waals surface area contributed by atoms with Crippen molar-refractivity contribution in [2.45, 2.75) is 0 Å². The molecule has 5 heteroatoms. The summed E-state index contributed by atoms with van der Waals surface area (Å²) in [5.74, 6) is 0. The highest BCUT2D eigenvalue weighted by Crippen LogP contribution is 2.11. The molecule has 4 nitrogen and oxygen atoms in total. The average Bonchev–Trinajstić information content (AvgIpc) is 2.03. The van der Waals surface area contributed by atoms with Gasteiger partial charge in [0, 0.05) is 19.3 Å². The number of hydrogen-bond acceptors (Lipinski definition) is 3. The lowest BCUT2D eigenvalue weighted by atomic mass is 10.4. The standard InChI is InChI=1S/C7H9N2O2S/c1-9(12(2,10)11)7-4-3-5-8-6-7/h4-6H,1-2H3. The summed E-state index contributed by atoms with van der Waals surface area (Å²) in [5.41, 5.74) is 0.514. The maximum absolute atomic E-state index is 11.0. The summed E-state index contributed by atoms with van der Waals surface area (Å²) in [5, 5.41) is 0. The predicted octanol–water partition coefficient (Wildman–Crippen LogP) is 0.278. The van der Waals surface area contributed by atoms with E-state index in [9.17, 15) is 8.42 Å². The van der Waals surface area contributed by atoms with Gasteiger partial charge < -0.3 is 0 Å². The van der Waals surface area contributed by atoms with E-state index >= 15 is 0 Å². The first-order valence-corrected chi connectivity index (χ1v) is 5.11. The second-order valence-electron chi connectivity index (χ2n) is 2.37. The molecule has 0 aliphatic carbocycles. The van der Waals surface area contributed by atoms with Crippen LogP contribution >= 0.6 is 0 Å². The van der Waals surface area contributed by atoms with Crippen LogP contribution in [-0.4, -0.2) is 26.7 Å². The Bertz CT molecular complexity index is 347. The van der Waals surface area contributed by atoms with Crippen LogP contribution in [0.4, 0.5) is 5.69 Å². The van der Waals surface area contributed by atoms with Gasteiger partial charge in [0.05, 0.1) is 18.1 Å². The average molecular weight is 185 g/mol. The topological polar surface area (TPSA) is 50.3 Å². The molecule has 0 aromatic carbocycles. The lowest BCUT2D eigenvalue weighted by molar-refractivity contribution is 0.600. The molecule has 1 heterocycles. The smallest absolute Gasteiger partial charge is 0.232 e. The summed E-state index contributed by atoms with van der Waals surface area (Å²) in [4.78, 5) is 3.76. The van der Waals surface area contributed by atoms with Gasteiger partial charge in [-0.15, -0.1) is 0 Å². The first-order chi connectivity index (χ1) is 5.52. The number of rotatable bonds is 2. The van der Waals surface area contributed by atoms with Gasteiger partial charge in [0.2, 0.25) is 10.0 Å². The summed E-state index contributed by atoms with van der Waals surface area (Å²) in [6.45, 7) is 0. The van der Waals surface area contributed by atoms with Gasteiger partial charge in [0.1, 0.15) is 0 Å². The Morgan fingerprint density at radius 1 is 1.58 bits per heavy atom. The van der Waals surface area contributed by atoms with E-state index in [1.807, 2.05) is 0 Å². The summed E-state index contributed by atoms with van der Waals surface area (Å²) in [6, 6.07) is 4.26. The molecule has 12 heavy (non-hydrogen) atoms. The Hall–Kier alpha value is -1.10. The fourth-order valence-electron chi connectivity index (χ4n) is 0.680. The zero-order valence-electron chi connectivity index (χ0n) is 6.85. The fraction of sp³-hybridized carbons (Fsp3) is 0.286. The molecule has 65 valence electrons. The molecule has 0 aliphatic rings. The first kappa shape index (κ1) is 8.99. The van der Waals surface area contributed by atoms with Gasteiger partial charge in [-0.25, -0.2) is 8.42 Å². The Labute approximate surface area is 71.9 Å². The lowest BCUT2D eigenvalue weighted by Gasteiger charge is -2.14. The molecule has 1 aromatic rings. The van der Waals surface area contributed by atoms with Crippen molar-refractivity contribution in [2.75, 3.05) is 17.6 Å². The van der Waals surface area contributed by atoms with Gasteiger partial charge in [-0.3, -0.25) is 9.29 Å². The zero-order chi connectivity index (χ0) is 9.19. The van der Waals surface area contributed by atoms with Crippen molar-refractivity contribution in [3.8, 4) is 0 Å². The molecule has 0 unspecified atom stereocenters. The van der Waals surface area contributed by atoms with Gasteiger partial charge in [-0.1, -0.05) is 0 Å². The quantitative estimate of drug-likeness (QED) is 0.665. The van der Waals surface area contributed by atoms with Gasteiger partial charge in [0.25, 0.3) is 0 Å². The molecular formula is C7H9N2O2S. The van der Waals surface area contributed by atoms with Crippen LogP contribution in [0.3, 0.4) is 0 Å². The van der Waals surface area contributed by atoms with Gasteiger partial charge >= 0.3 is 0 Å². The molecule has 0 spiro atoms. The molecule has 0 saturated carbocycles.